The van der Waals surface area contributed by atoms with Gasteiger partial charge in [0.05, 0.1) is 39.1 Å². The van der Waals surface area contributed by atoms with Crippen molar-refractivity contribution in [1.29, 1.82) is 0 Å². The number of nitrogens with zero attached hydrogens (tertiary/aromatic N) is 3. The molecule has 190 valence electrons. The fourth-order valence-electron chi connectivity index (χ4n) is 6.62. The summed E-state index contributed by atoms with van der Waals surface area (Å²) in [6.07, 6.45) is 0. The van der Waals surface area contributed by atoms with Crippen molar-refractivity contribution in [3.63, 3.8) is 0 Å². The Hall–Kier alpha value is -3.52. The second kappa shape index (κ2) is 7.99. The van der Waals surface area contributed by atoms with Crippen LogP contribution in [0.5, 0.6) is 0 Å². The van der Waals surface area contributed by atoms with E-state index in [-0.39, 0.29) is 34.4 Å². The molecule has 3 aliphatic heterocycles. The van der Waals surface area contributed by atoms with E-state index in [1.807, 2.05) is 44.2 Å². The Morgan fingerprint density at radius 1 is 0.921 bits per heavy atom. The minimum Gasteiger partial charge on any atom is -0.296 e. The molecule has 0 aliphatic carbocycles. The molecule has 0 saturated carbocycles. The minimum atomic E-state index is -1.18. The summed E-state index contributed by atoms with van der Waals surface area (Å²) in [5.74, 6) is -1.80. The number of para-hydroxylation sites is 2. The van der Waals surface area contributed by atoms with Crippen LogP contribution in [0.4, 0.5) is 5.69 Å². The Labute approximate surface area is 228 Å². The molecule has 1 N–H and O–H groups in total. The fourth-order valence-corrected chi connectivity index (χ4v) is 7.12. The molecule has 1 spiro atoms. The number of hydrogen-bond acceptors (Lipinski definition) is 5. The van der Waals surface area contributed by atoms with Crippen molar-refractivity contribution in [2.24, 2.45) is 17.8 Å². The number of aromatic nitrogens is 2. The third-order valence-corrected chi connectivity index (χ3v) is 8.70. The second-order valence-corrected chi connectivity index (χ2v) is 11.3. The molecule has 1 aromatic heterocycles. The number of rotatable bonds is 2. The number of carbonyl (C=O) groups excluding carboxylic acids is 2. The number of benzene rings is 3. The zero-order chi connectivity index (χ0) is 26.5. The van der Waals surface area contributed by atoms with Gasteiger partial charge in [0, 0.05) is 16.6 Å². The molecule has 9 heteroatoms. The predicted molar refractivity (Wildman–Crippen MR) is 146 cm³/mol. The Morgan fingerprint density at radius 2 is 1.66 bits per heavy atom. The van der Waals surface area contributed by atoms with Gasteiger partial charge >= 0.3 is 0 Å². The smallest absolute Gasteiger partial charge is 0.266 e. The van der Waals surface area contributed by atoms with E-state index in [1.54, 1.807) is 34.9 Å². The Kier molecular flexibility index (Phi) is 4.96. The van der Waals surface area contributed by atoms with Gasteiger partial charge in [-0.15, -0.1) is 0 Å². The summed E-state index contributed by atoms with van der Waals surface area (Å²) in [7, 11) is 0. The van der Waals surface area contributed by atoms with Crippen LogP contribution in [0, 0.1) is 17.8 Å². The van der Waals surface area contributed by atoms with Crippen LogP contribution >= 0.6 is 23.2 Å². The molecular formula is C29H22Cl2N4O3. The van der Waals surface area contributed by atoms with E-state index in [0.717, 1.165) is 5.56 Å². The van der Waals surface area contributed by atoms with Gasteiger partial charge in [0.25, 0.3) is 5.56 Å². The maximum absolute atomic E-state index is 14.4. The molecule has 38 heavy (non-hydrogen) atoms. The molecule has 7 nitrogen and oxygen atoms in total. The van der Waals surface area contributed by atoms with Gasteiger partial charge in [-0.2, -0.15) is 0 Å². The lowest BCUT2D eigenvalue weighted by Crippen LogP contribution is -2.51. The number of fused-ring (bicyclic) bond motifs is 8. The van der Waals surface area contributed by atoms with Crippen molar-refractivity contribution in [3.05, 3.63) is 98.5 Å². The summed E-state index contributed by atoms with van der Waals surface area (Å²) in [6, 6.07) is 19.1. The molecule has 4 aromatic rings. The van der Waals surface area contributed by atoms with E-state index in [1.165, 1.54) is 11.0 Å². The van der Waals surface area contributed by atoms with Crippen LogP contribution in [0.25, 0.3) is 16.6 Å². The first-order valence-electron chi connectivity index (χ1n) is 12.5. The lowest BCUT2D eigenvalue weighted by atomic mass is 9.75. The highest BCUT2D eigenvalue weighted by Crippen LogP contribution is 2.56. The van der Waals surface area contributed by atoms with Gasteiger partial charge < -0.3 is 0 Å². The van der Waals surface area contributed by atoms with Crippen LogP contribution in [-0.2, 0) is 15.1 Å². The van der Waals surface area contributed by atoms with Crippen LogP contribution in [-0.4, -0.2) is 27.4 Å². The number of carbonyl (C=O) groups is 2. The Bertz CT molecular complexity index is 1770. The van der Waals surface area contributed by atoms with Crippen LogP contribution in [0.1, 0.15) is 25.2 Å². The summed E-state index contributed by atoms with van der Waals surface area (Å²) < 4.78 is 1.60. The standard InChI is InChI=1S/C29H22Cl2N4O3/c1-14(2)24-22-23(27(38)34(26(22)37)21-12-11-15(30)13-18(21)31)29(33-24)17-8-4-6-10-20(17)35-25(36)16-7-3-5-9-19(16)32-28(29)35/h3-14,22-24,33H,1-2H3/t22-,23-,24-,29+/m1/s1. The lowest BCUT2D eigenvalue weighted by molar-refractivity contribution is -0.123. The first-order chi connectivity index (χ1) is 18.3. The van der Waals surface area contributed by atoms with Crippen molar-refractivity contribution in [2.45, 2.75) is 25.4 Å². The van der Waals surface area contributed by atoms with Gasteiger partial charge in [0.1, 0.15) is 11.4 Å². The Morgan fingerprint density at radius 3 is 2.42 bits per heavy atom. The van der Waals surface area contributed by atoms with E-state index >= 15 is 0 Å². The van der Waals surface area contributed by atoms with Crippen molar-refractivity contribution >= 4 is 51.6 Å². The molecular weight excluding hydrogens is 523 g/mol. The highest BCUT2D eigenvalue weighted by atomic mass is 35.5. The molecule has 0 bridgehead atoms. The lowest BCUT2D eigenvalue weighted by Gasteiger charge is -2.32. The SMILES string of the molecule is CC(C)[C@H]1N[C@@]2(c3ccccc3-n3c2nc2ccccc2c3=O)[C@H]2C(=O)N(c3ccc(Cl)cc3Cl)C(=O)[C@@H]12. The molecule has 2 saturated heterocycles. The third-order valence-electron chi connectivity index (χ3n) is 8.17. The van der Waals surface area contributed by atoms with Crippen molar-refractivity contribution in [2.75, 3.05) is 4.90 Å². The summed E-state index contributed by atoms with van der Waals surface area (Å²) in [5, 5.41) is 4.80. The largest absolute Gasteiger partial charge is 0.296 e. The number of hydrogen-bond donors (Lipinski definition) is 1. The molecule has 0 radical (unpaired) electrons. The summed E-state index contributed by atoms with van der Waals surface area (Å²) in [4.78, 5) is 48.5. The number of halogens is 2. The van der Waals surface area contributed by atoms with Crippen LogP contribution in [0.2, 0.25) is 10.0 Å². The molecule has 3 aromatic carbocycles. The Balaban J connectivity index is 1.53. The van der Waals surface area contributed by atoms with Gasteiger partial charge in [-0.1, -0.05) is 67.4 Å². The van der Waals surface area contributed by atoms with Crippen LogP contribution < -0.4 is 15.8 Å². The van der Waals surface area contributed by atoms with E-state index in [0.29, 0.717) is 33.1 Å². The fraction of sp³-hybridized carbons (Fsp3) is 0.241. The van der Waals surface area contributed by atoms with Gasteiger partial charge in [0.15, 0.2) is 0 Å². The maximum Gasteiger partial charge on any atom is 0.266 e. The zero-order valence-corrected chi connectivity index (χ0v) is 22.0. The van der Waals surface area contributed by atoms with E-state index < -0.39 is 17.4 Å². The highest BCUT2D eigenvalue weighted by Gasteiger charge is 2.70. The average molecular weight is 545 g/mol. The van der Waals surface area contributed by atoms with Crippen LogP contribution in [0.15, 0.2) is 71.5 Å². The summed E-state index contributed by atoms with van der Waals surface area (Å²) in [6.45, 7) is 4.04. The topological polar surface area (TPSA) is 84.3 Å². The first kappa shape index (κ1) is 23.6. The second-order valence-electron chi connectivity index (χ2n) is 10.4. The summed E-state index contributed by atoms with van der Waals surface area (Å²) in [5.41, 5.74) is 0.855. The van der Waals surface area contributed by atoms with Gasteiger partial charge in [-0.05, 0) is 42.3 Å². The maximum atomic E-state index is 14.4. The van der Waals surface area contributed by atoms with Gasteiger partial charge in [0.2, 0.25) is 11.8 Å². The minimum absolute atomic E-state index is 0.00709. The first-order valence-corrected chi connectivity index (χ1v) is 13.2. The molecule has 2 amide bonds. The van der Waals surface area contributed by atoms with Gasteiger partial charge in [-0.25, -0.2) is 9.88 Å². The number of imide groups is 1. The molecule has 7 rings (SSSR count). The van der Waals surface area contributed by atoms with Crippen molar-refractivity contribution < 1.29 is 9.59 Å². The van der Waals surface area contributed by atoms with E-state index in [9.17, 15) is 14.4 Å². The molecule has 4 atom stereocenters. The van der Waals surface area contributed by atoms with Gasteiger partial charge in [-0.3, -0.25) is 24.3 Å². The molecule has 3 aliphatic rings. The number of anilines is 1. The van der Waals surface area contributed by atoms with Crippen molar-refractivity contribution in [1.82, 2.24) is 14.9 Å². The van der Waals surface area contributed by atoms with Crippen LogP contribution in [0.3, 0.4) is 0 Å². The quantitative estimate of drug-likeness (QED) is 0.370. The molecule has 0 unspecified atom stereocenters. The number of amides is 2. The number of nitrogens with one attached hydrogen (secondary N) is 1. The average Bonchev–Trinajstić information content (AvgIpc) is 3.49. The zero-order valence-electron chi connectivity index (χ0n) is 20.5. The molecule has 4 heterocycles. The monoisotopic (exact) mass is 544 g/mol. The summed E-state index contributed by atoms with van der Waals surface area (Å²) >= 11 is 12.6. The normalized spacial score (nSPS) is 25.5. The molecule has 2 fully saturated rings. The third kappa shape index (κ3) is 2.84. The van der Waals surface area contributed by atoms with E-state index in [4.69, 9.17) is 28.2 Å². The van der Waals surface area contributed by atoms with E-state index in [2.05, 4.69) is 5.32 Å². The predicted octanol–water partition coefficient (Wildman–Crippen LogP) is 4.68. The highest BCUT2D eigenvalue weighted by molar-refractivity contribution is 6.38. The van der Waals surface area contributed by atoms with Crippen molar-refractivity contribution in [3.8, 4) is 5.69 Å².